The maximum atomic E-state index is 15.8. The van der Waals surface area contributed by atoms with Crippen molar-refractivity contribution in [3.8, 4) is 22.1 Å². The molecule has 17 heteroatoms. The van der Waals surface area contributed by atoms with Gasteiger partial charge in [0, 0.05) is 12.1 Å². The minimum Gasteiger partial charge on any atom is -0.493 e. The summed E-state index contributed by atoms with van der Waals surface area (Å²) in [4.78, 5) is 26.6. The van der Waals surface area contributed by atoms with Gasteiger partial charge >= 0.3 is 12.4 Å². The highest BCUT2D eigenvalue weighted by molar-refractivity contribution is 7.15. The number of alkyl halides is 6. The number of benzene rings is 2. The lowest BCUT2D eigenvalue weighted by molar-refractivity contribution is -0.185. The van der Waals surface area contributed by atoms with Gasteiger partial charge in [-0.1, -0.05) is 19.1 Å². The first kappa shape index (κ1) is 34.5. The number of aliphatic imine (C=N–C) groups is 1. The average molecular weight is 693 g/mol. The molecule has 0 aliphatic carbocycles. The quantitative estimate of drug-likeness (QED) is 0.177. The molecule has 1 fully saturated rings. The van der Waals surface area contributed by atoms with Crippen molar-refractivity contribution in [1.29, 1.82) is 0 Å². The summed E-state index contributed by atoms with van der Waals surface area (Å²) >= 11 is 1.04. The first-order chi connectivity index (χ1) is 22.2. The number of aromatic nitrogens is 1. The number of carbonyl (C=O) groups is 1. The van der Waals surface area contributed by atoms with E-state index in [0.717, 1.165) is 36.6 Å². The maximum Gasteiger partial charge on any atom is 0.416 e. The number of halogens is 8. The van der Waals surface area contributed by atoms with Gasteiger partial charge in [0.2, 0.25) is 12.0 Å². The Balaban J connectivity index is 1.49. The van der Waals surface area contributed by atoms with E-state index in [1.807, 2.05) is 0 Å². The molecule has 0 radical (unpaired) electrons. The van der Waals surface area contributed by atoms with Crippen molar-refractivity contribution < 1.29 is 54.2 Å². The molecule has 0 saturated carbocycles. The highest BCUT2D eigenvalue weighted by atomic mass is 32.1. The van der Waals surface area contributed by atoms with Crippen molar-refractivity contribution >= 4 is 23.5 Å². The van der Waals surface area contributed by atoms with E-state index < -0.39 is 59.3 Å². The number of aldehydes is 1. The third kappa shape index (κ3) is 7.51. The van der Waals surface area contributed by atoms with E-state index in [1.165, 1.54) is 12.1 Å². The topological polar surface area (TPSA) is 85.3 Å². The van der Waals surface area contributed by atoms with Crippen molar-refractivity contribution in [2.24, 2.45) is 10.9 Å². The predicted octanol–water partition coefficient (Wildman–Crippen LogP) is 7.23. The zero-order chi connectivity index (χ0) is 34.1. The van der Waals surface area contributed by atoms with Crippen molar-refractivity contribution in [2.45, 2.75) is 57.4 Å². The number of rotatable bonds is 10. The number of amidine groups is 1. The van der Waals surface area contributed by atoms with Gasteiger partial charge in [0.25, 0.3) is 0 Å². The summed E-state index contributed by atoms with van der Waals surface area (Å²) < 4.78 is 122. The van der Waals surface area contributed by atoms with Crippen molar-refractivity contribution in [3.05, 3.63) is 63.7 Å². The van der Waals surface area contributed by atoms with Crippen LogP contribution in [0, 0.1) is 17.6 Å². The standard InChI is InChI=1S/C30H28F8N4O4S/c1-3-21(45-25-19(31)12-18(24(44-2)23(25)32)27-40-22(14-43)46-41-27)26-20(13-42-10-8-17(9-11-42)30(36,37)38)39-28(47-26)15-4-6-16(7-5-15)29(33,34)35/h4-7,12,14,17,21-22H,3,8-11,13H2,1-2H3,(H,40,41)/t21-,22?/m1/s1. The Morgan fingerprint density at radius 3 is 2.34 bits per heavy atom. The van der Waals surface area contributed by atoms with Gasteiger partial charge in [-0.15, -0.1) is 11.3 Å². The molecule has 5 rings (SSSR count). The predicted molar refractivity (Wildman–Crippen MR) is 154 cm³/mol. The highest BCUT2D eigenvalue weighted by Crippen LogP contribution is 2.42. The van der Waals surface area contributed by atoms with Gasteiger partial charge in [-0.3, -0.25) is 9.69 Å². The Morgan fingerprint density at radius 2 is 1.79 bits per heavy atom. The molecular formula is C30H28F8N4O4S. The van der Waals surface area contributed by atoms with E-state index in [2.05, 4.69) is 15.5 Å². The summed E-state index contributed by atoms with van der Waals surface area (Å²) in [6.45, 7) is 1.98. The summed E-state index contributed by atoms with van der Waals surface area (Å²) in [6, 6.07) is 5.17. The van der Waals surface area contributed by atoms with Crippen LogP contribution in [0.2, 0.25) is 0 Å². The van der Waals surface area contributed by atoms with Gasteiger partial charge in [0.15, 0.2) is 29.4 Å². The van der Waals surface area contributed by atoms with Gasteiger partial charge in [0.1, 0.15) is 11.1 Å². The fourth-order valence-corrected chi connectivity index (χ4v) is 6.49. The molecule has 1 aromatic heterocycles. The second-order valence-corrected chi connectivity index (χ2v) is 11.8. The Bertz CT molecular complexity index is 1620. The van der Waals surface area contributed by atoms with Crippen molar-refractivity contribution in [2.75, 3.05) is 20.2 Å². The van der Waals surface area contributed by atoms with E-state index in [1.54, 1.807) is 11.8 Å². The number of methoxy groups -OCH3 is 1. The van der Waals surface area contributed by atoms with Gasteiger partial charge in [-0.25, -0.2) is 24.7 Å². The molecule has 0 spiro atoms. The van der Waals surface area contributed by atoms with Crippen LogP contribution in [-0.4, -0.2) is 54.6 Å². The van der Waals surface area contributed by atoms with E-state index in [0.29, 0.717) is 27.4 Å². The number of nitrogens with zero attached hydrogens (tertiary/aromatic N) is 3. The lowest BCUT2D eigenvalue weighted by atomic mass is 9.96. The minimum atomic E-state index is -4.56. The average Bonchev–Trinajstić information content (AvgIpc) is 3.68. The smallest absolute Gasteiger partial charge is 0.416 e. The molecule has 1 saturated heterocycles. The number of hydrogen-bond acceptors (Lipinski definition) is 9. The third-order valence-electron chi connectivity index (χ3n) is 7.77. The molecule has 0 amide bonds. The number of ether oxygens (including phenoxy) is 2. The Labute approximate surface area is 267 Å². The van der Waals surface area contributed by atoms with Gasteiger partial charge < -0.3 is 9.47 Å². The zero-order valence-corrected chi connectivity index (χ0v) is 25.7. The Morgan fingerprint density at radius 1 is 1.11 bits per heavy atom. The molecule has 254 valence electrons. The number of thiazole rings is 1. The number of hydroxylamine groups is 1. The van der Waals surface area contributed by atoms with Crippen LogP contribution in [0.5, 0.6) is 11.5 Å². The van der Waals surface area contributed by atoms with Crippen LogP contribution in [0.3, 0.4) is 0 Å². The van der Waals surface area contributed by atoms with Gasteiger partial charge in [-0.2, -0.15) is 30.7 Å². The summed E-state index contributed by atoms with van der Waals surface area (Å²) in [5.41, 5.74) is 1.96. The largest absolute Gasteiger partial charge is 0.493 e. The number of piperidine rings is 1. The molecule has 2 aliphatic rings. The monoisotopic (exact) mass is 692 g/mol. The summed E-state index contributed by atoms with van der Waals surface area (Å²) in [6.07, 6.45) is -10.9. The van der Waals surface area contributed by atoms with Crippen LogP contribution >= 0.6 is 11.3 Å². The normalized spacial score (nSPS) is 18.5. The molecule has 3 aromatic rings. The Hall–Kier alpha value is -3.83. The summed E-state index contributed by atoms with van der Waals surface area (Å²) in [5.74, 6) is -5.21. The van der Waals surface area contributed by atoms with Gasteiger partial charge in [0.05, 0.1) is 34.7 Å². The third-order valence-corrected chi connectivity index (χ3v) is 9.01. The van der Waals surface area contributed by atoms with E-state index in [4.69, 9.17) is 14.3 Å². The molecule has 3 heterocycles. The van der Waals surface area contributed by atoms with Crippen LogP contribution in [0.25, 0.3) is 10.6 Å². The highest BCUT2D eigenvalue weighted by Gasteiger charge is 2.41. The molecule has 2 aliphatic heterocycles. The molecule has 2 aromatic carbocycles. The zero-order valence-electron chi connectivity index (χ0n) is 24.8. The van der Waals surface area contributed by atoms with Crippen LogP contribution in [-0.2, 0) is 22.4 Å². The fraction of sp³-hybridized carbons (Fsp3) is 0.433. The fourth-order valence-electron chi connectivity index (χ4n) is 5.29. The van der Waals surface area contributed by atoms with Crippen LogP contribution in [0.15, 0.2) is 35.3 Å². The molecular weight excluding hydrogens is 664 g/mol. The second kappa shape index (κ2) is 13.7. The van der Waals surface area contributed by atoms with E-state index >= 15 is 8.78 Å². The van der Waals surface area contributed by atoms with Crippen molar-refractivity contribution in [3.63, 3.8) is 0 Å². The lowest BCUT2D eigenvalue weighted by Gasteiger charge is -2.32. The van der Waals surface area contributed by atoms with Gasteiger partial charge in [-0.05, 0) is 50.6 Å². The van der Waals surface area contributed by atoms with Crippen LogP contribution in [0.4, 0.5) is 35.1 Å². The van der Waals surface area contributed by atoms with Crippen LogP contribution in [0.1, 0.15) is 54.0 Å². The molecule has 1 unspecified atom stereocenters. The minimum absolute atomic E-state index is 0.0769. The van der Waals surface area contributed by atoms with E-state index in [9.17, 15) is 31.1 Å². The Kier molecular flexibility index (Phi) is 10.1. The summed E-state index contributed by atoms with van der Waals surface area (Å²) in [5, 5.41) is 0.292. The van der Waals surface area contributed by atoms with Crippen molar-refractivity contribution in [1.82, 2.24) is 15.4 Å². The first-order valence-electron chi connectivity index (χ1n) is 14.4. The molecule has 1 N–H and O–H groups in total. The molecule has 0 bridgehead atoms. The molecule has 47 heavy (non-hydrogen) atoms. The second-order valence-electron chi connectivity index (χ2n) is 10.8. The SMILES string of the molecule is CC[C@@H](Oc1c(F)cc(C2=NC(C=O)ON2)c(OC)c1F)c1sc(-c2ccc(C(F)(F)F)cc2)nc1CN1CCC(C(F)(F)F)CC1. The number of hydrogen-bond donors (Lipinski definition) is 1. The number of likely N-dealkylation sites (tertiary alicyclic amines) is 1. The van der Waals surface area contributed by atoms with E-state index in [-0.39, 0.29) is 50.3 Å². The number of nitrogens with one attached hydrogen (secondary N) is 1. The lowest BCUT2D eigenvalue weighted by Crippen LogP contribution is -2.38. The first-order valence-corrected chi connectivity index (χ1v) is 15.2. The van der Waals surface area contributed by atoms with Crippen LogP contribution < -0.4 is 15.0 Å². The summed E-state index contributed by atoms with van der Waals surface area (Å²) in [7, 11) is 1.13. The molecule has 2 atom stereocenters. The number of carbonyl (C=O) groups excluding carboxylic acids is 1. The molecule has 8 nitrogen and oxygen atoms in total. The maximum absolute atomic E-state index is 15.8.